The molecule has 1 aliphatic rings. The summed E-state index contributed by atoms with van der Waals surface area (Å²) in [4.78, 5) is 12.1. The Morgan fingerprint density at radius 3 is 2.71 bits per heavy atom. The average Bonchev–Trinajstić information content (AvgIpc) is 3.07. The fraction of sp³-hybridized carbons (Fsp3) is 0.167. The number of hydrogen-bond acceptors (Lipinski definition) is 5. The molecule has 0 bridgehead atoms. The van der Waals surface area contributed by atoms with Crippen LogP contribution in [-0.2, 0) is 4.79 Å². The van der Waals surface area contributed by atoms with E-state index in [0.29, 0.717) is 28.7 Å². The smallest absolute Gasteiger partial charge is 0.248 e. The molecule has 6 heteroatoms. The van der Waals surface area contributed by atoms with Gasteiger partial charge in [-0.15, -0.1) is 0 Å². The minimum Gasteiger partial charge on any atom is -0.497 e. The minimum atomic E-state index is -0.265. The first-order valence-corrected chi connectivity index (χ1v) is 7.30. The predicted octanol–water partition coefficient (Wildman–Crippen LogP) is 3.08. The quantitative estimate of drug-likeness (QED) is 0.855. The molecule has 3 rings (SSSR count). The van der Waals surface area contributed by atoms with Crippen molar-refractivity contribution in [2.75, 3.05) is 26.3 Å². The van der Waals surface area contributed by atoms with Crippen LogP contribution in [0.25, 0.3) is 6.08 Å². The van der Waals surface area contributed by atoms with Crippen LogP contribution < -0.4 is 24.3 Å². The maximum absolute atomic E-state index is 12.1. The maximum atomic E-state index is 12.1. The van der Waals surface area contributed by atoms with Gasteiger partial charge in [0.25, 0.3) is 0 Å². The Morgan fingerprint density at radius 2 is 1.92 bits per heavy atom. The number of carbonyl (C=O) groups excluding carboxylic acids is 1. The van der Waals surface area contributed by atoms with Gasteiger partial charge in [0.15, 0.2) is 11.5 Å². The van der Waals surface area contributed by atoms with Gasteiger partial charge in [-0.25, -0.2) is 0 Å². The number of amides is 1. The number of methoxy groups -OCH3 is 2. The highest BCUT2D eigenvalue weighted by Crippen LogP contribution is 2.34. The van der Waals surface area contributed by atoms with Gasteiger partial charge >= 0.3 is 0 Å². The van der Waals surface area contributed by atoms with E-state index in [4.69, 9.17) is 18.9 Å². The lowest BCUT2D eigenvalue weighted by molar-refractivity contribution is -0.111. The molecule has 1 heterocycles. The van der Waals surface area contributed by atoms with Crippen molar-refractivity contribution < 1.29 is 23.7 Å². The number of benzene rings is 2. The van der Waals surface area contributed by atoms with Crippen molar-refractivity contribution in [1.29, 1.82) is 0 Å². The fourth-order valence-corrected chi connectivity index (χ4v) is 2.29. The van der Waals surface area contributed by atoms with E-state index in [1.807, 2.05) is 0 Å². The molecule has 1 aliphatic heterocycles. The number of carbonyl (C=O) groups is 1. The molecule has 0 aliphatic carbocycles. The third kappa shape index (κ3) is 3.43. The van der Waals surface area contributed by atoms with Crippen molar-refractivity contribution in [3.05, 3.63) is 48.0 Å². The molecule has 0 unspecified atom stereocenters. The molecule has 2 aromatic carbocycles. The number of anilines is 1. The summed E-state index contributed by atoms with van der Waals surface area (Å²) in [5.41, 5.74) is 1.38. The summed E-state index contributed by atoms with van der Waals surface area (Å²) in [5.74, 6) is 2.36. The summed E-state index contributed by atoms with van der Waals surface area (Å²) in [6.07, 6.45) is 3.10. The predicted molar refractivity (Wildman–Crippen MR) is 89.8 cm³/mol. The SMILES string of the molecule is COc1ccc(OC)c(C=CC(=O)Nc2ccc3c(c2)OCO3)c1. The number of ether oxygens (including phenoxy) is 4. The number of nitrogens with one attached hydrogen (secondary N) is 1. The lowest BCUT2D eigenvalue weighted by atomic mass is 10.1. The minimum absolute atomic E-state index is 0.197. The van der Waals surface area contributed by atoms with E-state index in [9.17, 15) is 4.79 Å². The van der Waals surface area contributed by atoms with E-state index < -0.39 is 0 Å². The Kier molecular flexibility index (Phi) is 4.56. The van der Waals surface area contributed by atoms with Crippen molar-refractivity contribution in [3.63, 3.8) is 0 Å². The van der Waals surface area contributed by atoms with Gasteiger partial charge in [0.05, 0.1) is 14.2 Å². The Labute approximate surface area is 139 Å². The molecule has 1 N–H and O–H groups in total. The van der Waals surface area contributed by atoms with E-state index >= 15 is 0 Å². The van der Waals surface area contributed by atoms with Crippen molar-refractivity contribution in [2.45, 2.75) is 0 Å². The van der Waals surface area contributed by atoms with Crippen molar-refractivity contribution in [2.24, 2.45) is 0 Å². The molecule has 124 valence electrons. The Bertz CT molecular complexity index is 785. The summed E-state index contributed by atoms with van der Waals surface area (Å²) < 4.78 is 21.0. The van der Waals surface area contributed by atoms with Crippen LogP contribution in [0.2, 0.25) is 0 Å². The highest BCUT2D eigenvalue weighted by molar-refractivity contribution is 6.02. The van der Waals surface area contributed by atoms with Crippen LogP contribution in [0.4, 0.5) is 5.69 Å². The van der Waals surface area contributed by atoms with Crippen LogP contribution in [0.5, 0.6) is 23.0 Å². The summed E-state index contributed by atoms with van der Waals surface area (Å²) in [6.45, 7) is 0.197. The van der Waals surface area contributed by atoms with Crippen LogP contribution in [-0.4, -0.2) is 26.9 Å². The number of hydrogen-bond donors (Lipinski definition) is 1. The first kappa shape index (κ1) is 15.7. The van der Waals surface area contributed by atoms with Crippen LogP contribution in [0.1, 0.15) is 5.56 Å². The molecule has 0 radical (unpaired) electrons. The Morgan fingerprint density at radius 1 is 1.08 bits per heavy atom. The zero-order valence-corrected chi connectivity index (χ0v) is 13.4. The molecular weight excluding hydrogens is 310 g/mol. The summed E-state index contributed by atoms with van der Waals surface area (Å²) in [6, 6.07) is 10.6. The second-order valence-corrected chi connectivity index (χ2v) is 5.00. The molecular formula is C18H17NO5. The molecule has 0 saturated heterocycles. The van der Waals surface area contributed by atoms with Gasteiger partial charge in [0, 0.05) is 23.4 Å². The number of rotatable bonds is 5. The lowest BCUT2D eigenvalue weighted by Crippen LogP contribution is -2.07. The molecule has 1 amide bonds. The van der Waals surface area contributed by atoms with Crippen molar-refractivity contribution in [3.8, 4) is 23.0 Å². The van der Waals surface area contributed by atoms with Gasteiger partial charge in [-0.3, -0.25) is 4.79 Å². The highest BCUT2D eigenvalue weighted by Gasteiger charge is 2.13. The molecule has 0 atom stereocenters. The van der Waals surface area contributed by atoms with E-state index in [0.717, 1.165) is 5.56 Å². The zero-order valence-electron chi connectivity index (χ0n) is 13.4. The van der Waals surface area contributed by atoms with Crippen molar-refractivity contribution in [1.82, 2.24) is 0 Å². The molecule has 2 aromatic rings. The molecule has 0 aromatic heterocycles. The van der Waals surface area contributed by atoms with Gasteiger partial charge in [0.1, 0.15) is 11.5 Å². The van der Waals surface area contributed by atoms with E-state index in [1.54, 1.807) is 56.7 Å². The van der Waals surface area contributed by atoms with Gasteiger partial charge in [-0.2, -0.15) is 0 Å². The summed E-state index contributed by atoms with van der Waals surface area (Å²) in [7, 11) is 3.16. The molecule has 24 heavy (non-hydrogen) atoms. The molecule has 6 nitrogen and oxygen atoms in total. The van der Waals surface area contributed by atoms with E-state index in [-0.39, 0.29) is 12.7 Å². The summed E-state index contributed by atoms with van der Waals surface area (Å²) in [5, 5.41) is 2.77. The van der Waals surface area contributed by atoms with Gasteiger partial charge in [-0.05, 0) is 36.4 Å². The van der Waals surface area contributed by atoms with Gasteiger partial charge in [-0.1, -0.05) is 0 Å². The Hall–Kier alpha value is -3.15. The third-order valence-corrected chi connectivity index (χ3v) is 3.49. The monoisotopic (exact) mass is 327 g/mol. The zero-order chi connectivity index (χ0) is 16.9. The normalized spacial score (nSPS) is 12.2. The van der Waals surface area contributed by atoms with Crippen LogP contribution in [0, 0.1) is 0 Å². The van der Waals surface area contributed by atoms with E-state index in [1.165, 1.54) is 6.08 Å². The highest BCUT2D eigenvalue weighted by atomic mass is 16.7. The average molecular weight is 327 g/mol. The second-order valence-electron chi connectivity index (χ2n) is 5.00. The van der Waals surface area contributed by atoms with Gasteiger partial charge < -0.3 is 24.3 Å². The van der Waals surface area contributed by atoms with Crippen molar-refractivity contribution >= 4 is 17.7 Å². The van der Waals surface area contributed by atoms with Crippen LogP contribution in [0.3, 0.4) is 0 Å². The first-order valence-electron chi connectivity index (χ1n) is 7.30. The summed E-state index contributed by atoms with van der Waals surface area (Å²) >= 11 is 0. The van der Waals surface area contributed by atoms with Crippen LogP contribution in [0.15, 0.2) is 42.5 Å². The standard InChI is InChI=1S/C18H17NO5/c1-21-14-5-7-15(22-2)12(9-14)3-8-18(20)19-13-4-6-16-17(10-13)24-11-23-16/h3-10H,11H2,1-2H3,(H,19,20). The first-order chi connectivity index (χ1) is 11.7. The molecule has 0 fully saturated rings. The third-order valence-electron chi connectivity index (χ3n) is 3.49. The maximum Gasteiger partial charge on any atom is 0.248 e. The molecule has 0 saturated carbocycles. The van der Waals surface area contributed by atoms with Gasteiger partial charge in [0.2, 0.25) is 12.7 Å². The van der Waals surface area contributed by atoms with E-state index in [2.05, 4.69) is 5.32 Å². The second kappa shape index (κ2) is 6.95. The largest absolute Gasteiger partial charge is 0.497 e. The fourth-order valence-electron chi connectivity index (χ4n) is 2.29. The Balaban J connectivity index is 1.71. The molecule has 0 spiro atoms. The lowest BCUT2D eigenvalue weighted by Gasteiger charge is -2.07. The van der Waals surface area contributed by atoms with Crippen LogP contribution >= 0.6 is 0 Å². The topological polar surface area (TPSA) is 66.0 Å². The number of fused-ring (bicyclic) bond motifs is 1.